The number of carboxylic acid groups (broad SMARTS) is 1. The zero-order valence-electron chi connectivity index (χ0n) is 20.6. The molecule has 0 unspecified atom stereocenters. The van der Waals surface area contributed by atoms with Crippen LogP contribution in [0.4, 0.5) is 18.9 Å². The number of hydrogen-bond donors (Lipinski definition) is 1. The first kappa shape index (κ1) is 28.8. The van der Waals surface area contributed by atoms with Gasteiger partial charge in [-0.3, -0.25) is 14.5 Å². The van der Waals surface area contributed by atoms with Gasteiger partial charge in [-0.25, -0.2) is 0 Å². The van der Waals surface area contributed by atoms with Crippen molar-refractivity contribution in [3.63, 3.8) is 0 Å². The molecule has 202 valence electrons. The average Bonchev–Trinajstić information content (AvgIpc) is 3.36. The molecular formula is C26H32F3N3O4S. The van der Waals surface area contributed by atoms with Gasteiger partial charge in [0.2, 0.25) is 5.91 Å². The number of halogens is 3. The number of fused-ring (bicyclic) bond motifs is 1. The maximum absolute atomic E-state index is 12.6. The van der Waals surface area contributed by atoms with E-state index in [-0.39, 0.29) is 11.7 Å². The first-order valence-electron chi connectivity index (χ1n) is 12.4. The van der Waals surface area contributed by atoms with Crippen molar-refractivity contribution in [3.8, 4) is 0 Å². The normalized spacial score (nSPS) is 17.1. The lowest BCUT2D eigenvalue weighted by molar-refractivity contribution is -0.904. The number of aliphatic carboxylic acids is 1. The fourth-order valence-corrected chi connectivity index (χ4v) is 5.22. The van der Waals surface area contributed by atoms with Crippen molar-refractivity contribution in [1.29, 1.82) is 0 Å². The van der Waals surface area contributed by atoms with Gasteiger partial charge >= 0.3 is 6.18 Å². The summed E-state index contributed by atoms with van der Waals surface area (Å²) < 4.78 is 31.5. The van der Waals surface area contributed by atoms with Crippen LogP contribution in [0.2, 0.25) is 0 Å². The molecule has 0 radical (unpaired) electrons. The predicted octanol–water partition coefficient (Wildman–Crippen LogP) is 1.58. The van der Waals surface area contributed by atoms with Gasteiger partial charge in [0.15, 0.2) is 5.78 Å². The van der Waals surface area contributed by atoms with Crippen LogP contribution in [0, 0.1) is 0 Å². The molecule has 11 heteroatoms. The smallest absolute Gasteiger partial charge is 0.430 e. The Hall–Kier alpha value is -2.76. The van der Waals surface area contributed by atoms with E-state index in [2.05, 4.69) is 22.4 Å². The predicted molar refractivity (Wildman–Crippen MR) is 133 cm³/mol. The Bertz CT molecular complexity index is 1040. The molecule has 0 atom stereocenters. The number of nitrogens with zero attached hydrogens (tertiary/aromatic N) is 2. The minimum Gasteiger partial charge on any atom is -0.542 e. The Morgan fingerprint density at radius 3 is 2.35 bits per heavy atom. The molecule has 2 aliphatic heterocycles. The number of ketones is 1. The highest BCUT2D eigenvalue weighted by Gasteiger charge is 2.29. The van der Waals surface area contributed by atoms with Crippen molar-refractivity contribution in [3.05, 3.63) is 52.2 Å². The van der Waals surface area contributed by atoms with Gasteiger partial charge in [-0.05, 0) is 42.8 Å². The fraction of sp³-hybridized carbons (Fsp3) is 0.500. The Morgan fingerprint density at radius 2 is 1.70 bits per heavy atom. The van der Waals surface area contributed by atoms with Gasteiger partial charge in [0.05, 0.1) is 25.3 Å². The molecule has 1 amide bonds. The van der Waals surface area contributed by atoms with Gasteiger partial charge in [-0.1, -0.05) is 18.2 Å². The third-order valence-electron chi connectivity index (χ3n) is 6.57. The summed E-state index contributed by atoms with van der Waals surface area (Å²) in [4.78, 5) is 41.2. The Labute approximate surface area is 218 Å². The number of benzene rings is 1. The van der Waals surface area contributed by atoms with Gasteiger partial charge in [-0.15, -0.1) is 11.3 Å². The van der Waals surface area contributed by atoms with Crippen LogP contribution >= 0.6 is 11.3 Å². The molecule has 0 spiro atoms. The summed E-state index contributed by atoms with van der Waals surface area (Å²) in [6, 6.07) is 11.9. The number of para-hydroxylation sites is 1. The molecule has 3 heterocycles. The minimum absolute atomic E-state index is 0.0833. The van der Waals surface area contributed by atoms with E-state index in [0.29, 0.717) is 24.9 Å². The number of Topliss-reactive ketones (excluding diaryl/α,β-unsaturated/α-hetero) is 1. The topological polar surface area (TPSA) is 85.2 Å². The lowest BCUT2D eigenvalue weighted by Crippen LogP contribution is -3.14. The largest absolute Gasteiger partial charge is 0.542 e. The number of thiophene rings is 1. The Balaban J connectivity index is 0.000000479. The summed E-state index contributed by atoms with van der Waals surface area (Å²) >= 11 is 1.86. The molecule has 2 aromatic rings. The van der Waals surface area contributed by atoms with E-state index < -0.39 is 12.1 Å². The third kappa shape index (κ3) is 8.94. The molecule has 0 saturated carbocycles. The number of rotatable bonds is 8. The number of hydrogen-bond acceptors (Lipinski definition) is 6. The van der Waals surface area contributed by atoms with Crippen molar-refractivity contribution in [2.24, 2.45) is 0 Å². The monoisotopic (exact) mass is 539 g/mol. The second-order valence-electron chi connectivity index (χ2n) is 9.15. The molecular weight excluding hydrogens is 507 g/mol. The minimum atomic E-state index is -5.19. The summed E-state index contributed by atoms with van der Waals surface area (Å²) in [7, 11) is 0. The van der Waals surface area contributed by atoms with E-state index in [0.717, 1.165) is 18.5 Å². The molecule has 0 bridgehead atoms. The van der Waals surface area contributed by atoms with Crippen LogP contribution in [-0.4, -0.2) is 74.5 Å². The number of carbonyl (C=O) groups is 3. The second kappa shape index (κ2) is 13.7. The van der Waals surface area contributed by atoms with Crippen molar-refractivity contribution in [2.45, 2.75) is 38.3 Å². The summed E-state index contributed by atoms with van der Waals surface area (Å²) in [5.74, 6) is -2.84. The summed E-state index contributed by atoms with van der Waals surface area (Å²) in [5, 5.41) is 10.9. The van der Waals surface area contributed by atoms with Gasteiger partial charge < -0.3 is 19.7 Å². The number of piperazine rings is 1. The van der Waals surface area contributed by atoms with E-state index >= 15 is 0 Å². The standard InChI is InChI=1S/C24H31N3O2S.C2HF3O2/c28-23-9-10-24(29)27(22-8-2-1-7-21(22)23)13-4-3-12-25-15-17-26(18-16-25)14-11-20-6-5-19-30-20;3-2(4,5)1(6)7/h1-2,5-8,19H,3-4,9-18H2;(H,6,7). The molecule has 7 nitrogen and oxygen atoms in total. The number of carbonyl (C=O) groups excluding carboxylic acids is 3. The van der Waals surface area contributed by atoms with Gasteiger partial charge in [0, 0.05) is 49.5 Å². The summed E-state index contributed by atoms with van der Waals surface area (Å²) in [6.07, 6.45) is -1.27. The fourth-order valence-electron chi connectivity index (χ4n) is 4.53. The molecule has 1 fully saturated rings. The molecule has 1 aromatic carbocycles. The zero-order chi connectivity index (χ0) is 26.8. The highest BCUT2D eigenvalue weighted by molar-refractivity contribution is 7.09. The number of nitrogens with one attached hydrogen (secondary N) is 1. The third-order valence-corrected chi connectivity index (χ3v) is 7.51. The van der Waals surface area contributed by atoms with Crippen LogP contribution in [0.25, 0.3) is 0 Å². The van der Waals surface area contributed by atoms with E-state index in [9.17, 15) is 22.8 Å². The van der Waals surface area contributed by atoms with Gasteiger partial charge in [0.1, 0.15) is 5.97 Å². The van der Waals surface area contributed by atoms with Crippen LogP contribution in [0.5, 0.6) is 0 Å². The number of anilines is 1. The quantitative estimate of drug-likeness (QED) is 0.515. The molecule has 1 N–H and O–H groups in total. The second-order valence-corrected chi connectivity index (χ2v) is 10.2. The molecule has 37 heavy (non-hydrogen) atoms. The molecule has 0 aliphatic carbocycles. The van der Waals surface area contributed by atoms with Crippen LogP contribution in [0.1, 0.15) is 40.9 Å². The molecule has 1 aromatic heterocycles. The van der Waals surface area contributed by atoms with Crippen molar-refractivity contribution in [2.75, 3.05) is 50.7 Å². The Kier molecular flexibility index (Phi) is 10.7. The van der Waals surface area contributed by atoms with Crippen LogP contribution in [0.15, 0.2) is 41.8 Å². The summed E-state index contributed by atoms with van der Waals surface area (Å²) in [5.41, 5.74) is 1.50. The average molecular weight is 540 g/mol. The van der Waals surface area contributed by atoms with Gasteiger partial charge in [-0.2, -0.15) is 13.2 Å². The maximum Gasteiger partial charge on any atom is 0.430 e. The number of quaternary nitrogens is 1. The lowest BCUT2D eigenvalue weighted by Gasteiger charge is -2.32. The van der Waals surface area contributed by atoms with Crippen molar-refractivity contribution in [1.82, 2.24) is 4.90 Å². The zero-order valence-corrected chi connectivity index (χ0v) is 21.4. The van der Waals surface area contributed by atoms with Gasteiger partial charge in [0.25, 0.3) is 0 Å². The van der Waals surface area contributed by atoms with E-state index in [4.69, 9.17) is 9.90 Å². The van der Waals surface area contributed by atoms with Crippen LogP contribution in [0.3, 0.4) is 0 Å². The number of unbranched alkanes of at least 4 members (excludes halogenated alkanes) is 1. The molecule has 2 aliphatic rings. The first-order valence-corrected chi connectivity index (χ1v) is 13.3. The highest BCUT2D eigenvalue weighted by Crippen LogP contribution is 2.27. The lowest BCUT2D eigenvalue weighted by atomic mass is 10.1. The maximum atomic E-state index is 12.6. The molecule has 4 rings (SSSR count). The first-order chi connectivity index (χ1) is 17.6. The van der Waals surface area contributed by atoms with E-state index in [1.165, 1.54) is 50.6 Å². The Morgan fingerprint density at radius 1 is 1.00 bits per heavy atom. The number of amides is 1. The number of alkyl halides is 3. The van der Waals surface area contributed by atoms with Crippen molar-refractivity contribution < 1.29 is 37.6 Å². The van der Waals surface area contributed by atoms with Crippen LogP contribution in [-0.2, 0) is 16.0 Å². The van der Waals surface area contributed by atoms with E-state index in [1.54, 1.807) is 4.90 Å². The van der Waals surface area contributed by atoms with Crippen molar-refractivity contribution >= 4 is 34.7 Å². The highest BCUT2D eigenvalue weighted by atomic mass is 32.1. The molecule has 1 saturated heterocycles. The number of carboxylic acids is 1. The van der Waals surface area contributed by atoms with Crippen LogP contribution < -0.4 is 14.9 Å². The summed E-state index contributed by atoms with van der Waals surface area (Å²) in [6.45, 7) is 7.84. The van der Waals surface area contributed by atoms with E-state index in [1.807, 2.05) is 40.5 Å². The SMILES string of the molecule is O=C([O-])C(F)(F)F.O=C1CCC(=O)N(CCCC[NH+]2CCN(CCc3cccs3)CC2)c2ccccc21.